The van der Waals surface area contributed by atoms with Crippen LogP contribution >= 0.6 is 11.3 Å². The van der Waals surface area contributed by atoms with Crippen LogP contribution in [0.4, 0.5) is 10.8 Å². The van der Waals surface area contributed by atoms with Crippen LogP contribution in [0.2, 0.25) is 0 Å². The number of rotatable bonds is 4. The first-order valence-corrected chi connectivity index (χ1v) is 8.95. The minimum absolute atomic E-state index is 0.633. The molecule has 0 aliphatic carbocycles. The van der Waals surface area contributed by atoms with Gasteiger partial charge in [-0.25, -0.2) is 4.98 Å². The lowest BCUT2D eigenvalue weighted by Crippen LogP contribution is -2.37. The van der Waals surface area contributed by atoms with Crippen LogP contribution in [-0.2, 0) is 0 Å². The Bertz CT molecular complexity index is 676. The molecule has 0 spiro atoms. The van der Waals surface area contributed by atoms with E-state index in [0.29, 0.717) is 6.04 Å². The highest BCUT2D eigenvalue weighted by atomic mass is 32.1. The Kier molecular flexibility index (Phi) is 4.62. The molecule has 1 atom stereocenters. The van der Waals surface area contributed by atoms with E-state index >= 15 is 0 Å². The molecule has 0 bridgehead atoms. The van der Waals surface area contributed by atoms with E-state index in [0.717, 1.165) is 29.3 Å². The first-order valence-electron chi connectivity index (χ1n) is 8.14. The maximum atomic E-state index is 4.61. The van der Waals surface area contributed by atoms with Crippen LogP contribution in [0.3, 0.4) is 0 Å². The molecule has 4 nitrogen and oxygen atoms in total. The van der Waals surface area contributed by atoms with E-state index in [-0.39, 0.29) is 0 Å². The zero-order valence-electron chi connectivity index (χ0n) is 13.6. The van der Waals surface area contributed by atoms with Gasteiger partial charge in [0.15, 0.2) is 0 Å². The average molecular weight is 316 g/mol. The van der Waals surface area contributed by atoms with Crippen LogP contribution in [0.1, 0.15) is 46.5 Å². The first-order chi connectivity index (χ1) is 10.7. The molecule has 118 valence electrons. The number of fused-ring (bicyclic) bond motifs is 1. The molecule has 1 aliphatic heterocycles. The molecule has 2 heterocycles. The van der Waals surface area contributed by atoms with Crippen molar-refractivity contribution in [3.63, 3.8) is 0 Å². The van der Waals surface area contributed by atoms with Crippen molar-refractivity contribution in [1.82, 2.24) is 4.98 Å². The summed E-state index contributed by atoms with van der Waals surface area (Å²) < 4.78 is 1.22. The smallest absolute Gasteiger partial charge is 0.204 e. The third kappa shape index (κ3) is 3.24. The number of hydrogen-bond donors (Lipinski definition) is 1. The molecule has 2 aromatic rings. The number of thiazole rings is 1. The summed E-state index contributed by atoms with van der Waals surface area (Å²) in [5, 5.41) is 5.20. The number of hydrogen-bond acceptors (Lipinski definition) is 5. The van der Waals surface area contributed by atoms with Crippen LogP contribution in [0.15, 0.2) is 23.3 Å². The predicted octanol–water partition coefficient (Wildman–Crippen LogP) is 4.87. The van der Waals surface area contributed by atoms with Gasteiger partial charge in [-0.3, -0.25) is 5.43 Å². The maximum Gasteiger partial charge on any atom is 0.204 e. The molecule has 3 rings (SSSR count). The zero-order valence-corrected chi connectivity index (χ0v) is 14.4. The van der Waals surface area contributed by atoms with E-state index in [1.807, 2.05) is 6.92 Å². The van der Waals surface area contributed by atoms with Crippen LogP contribution in [0.5, 0.6) is 0 Å². The Morgan fingerprint density at radius 1 is 1.45 bits per heavy atom. The fourth-order valence-electron chi connectivity index (χ4n) is 2.84. The highest BCUT2D eigenvalue weighted by molar-refractivity contribution is 7.22. The number of piperidine rings is 1. The van der Waals surface area contributed by atoms with Gasteiger partial charge in [0.25, 0.3) is 0 Å². The normalized spacial score (nSPS) is 19.7. The van der Waals surface area contributed by atoms with Crippen molar-refractivity contribution in [3.8, 4) is 0 Å². The summed E-state index contributed by atoms with van der Waals surface area (Å²) in [5.74, 6) is 0. The van der Waals surface area contributed by atoms with E-state index in [9.17, 15) is 0 Å². The predicted molar refractivity (Wildman–Crippen MR) is 97.3 cm³/mol. The molecule has 1 aromatic heterocycles. The topological polar surface area (TPSA) is 40.5 Å². The number of anilines is 2. The lowest BCUT2D eigenvalue weighted by Gasteiger charge is -2.35. The Morgan fingerprint density at radius 2 is 2.32 bits per heavy atom. The lowest BCUT2D eigenvalue weighted by atomic mass is 10.0. The van der Waals surface area contributed by atoms with Crippen molar-refractivity contribution in [2.75, 3.05) is 16.9 Å². The molecule has 5 heteroatoms. The van der Waals surface area contributed by atoms with Gasteiger partial charge in [-0.1, -0.05) is 18.3 Å². The summed E-state index contributed by atoms with van der Waals surface area (Å²) in [7, 11) is 0. The van der Waals surface area contributed by atoms with E-state index in [1.165, 1.54) is 29.6 Å². The van der Waals surface area contributed by atoms with E-state index in [2.05, 4.69) is 52.5 Å². The van der Waals surface area contributed by atoms with Gasteiger partial charge in [0.2, 0.25) is 5.13 Å². The summed E-state index contributed by atoms with van der Waals surface area (Å²) in [6.07, 6.45) is 4.89. The maximum absolute atomic E-state index is 4.61. The lowest BCUT2D eigenvalue weighted by molar-refractivity contribution is 0.485. The van der Waals surface area contributed by atoms with Crippen molar-refractivity contribution < 1.29 is 0 Å². The second-order valence-corrected chi connectivity index (χ2v) is 7.05. The van der Waals surface area contributed by atoms with Gasteiger partial charge >= 0.3 is 0 Å². The van der Waals surface area contributed by atoms with Gasteiger partial charge < -0.3 is 4.90 Å². The Labute approximate surface area is 136 Å². The quantitative estimate of drug-likeness (QED) is 0.646. The average Bonchev–Trinajstić information content (AvgIpc) is 2.95. The minimum atomic E-state index is 0.633. The highest BCUT2D eigenvalue weighted by Gasteiger charge is 2.19. The fraction of sp³-hybridized carbons (Fsp3) is 0.529. The van der Waals surface area contributed by atoms with Gasteiger partial charge in [0, 0.05) is 24.0 Å². The number of benzene rings is 1. The Hall–Kier alpha value is -1.62. The molecule has 1 N–H and O–H groups in total. The van der Waals surface area contributed by atoms with Crippen molar-refractivity contribution >= 4 is 38.1 Å². The number of nitrogens with zero attached hydrogens (tertiary/aromatic N) is 3. The van der Waals surface area contributed by atoms with Crippen LogP contribution in [0.25, 0.3) is 10.2 Å². The Balaban J connectivity index is 1.83. The molecular weight excluding hydrogens is 292 g/mol. The monoisotopic (exact) mass is 316 g/mol. The second-order valence-electron chi connectivity index (χ2n) is 6.02. The van der Waals surface area contributed by atoms with Crippen molar-refractivity contribution in [3.05, 3.63) is 18.2 Å². The van der Waals surface area contributed by atoms with E-state index in [1.54, 1.807) is 11.3 Å². The molecule has 0 saturated carbocycles. The van der Waals surface area contributed by atoms with Crippen molar-refractivity contribution in [2.45, 2.75) is 52.5 Å². The molecule has 22 heavy (non-hydrogen) atoms. The van der Waals surface area contributed by atoms with Crippen molar-refractivity contribution in [1.29, 1.82) is 0 Å². The molecular formula is C17H24N4S. The van der Waals surface area contributed by atoms with Gasteiger partial charge in [-0.15, -0.1) is 0 Å². The van der Waals surface area contributed by atoms with E-state index in [4.69, 9.17) is 0 Å². The number of nitrogens with one attached hydrogen (secondary N) is 1. The summed E-state index contributed by atoms with van der Waals surface area (Å²) in [6.45, 7) is 7.61. The third-order valence-electron chi connectivity index (χ3n) is 4.36. The largest absolute Gasteiger partial charge is 0.369 e. The zero-order chi connectivity index (χ0) is 15.5. The van der Waals surface area contributed by atoms with Gasteiger partial charge in [-0.2, -0.15) is 5.10 Å². The summed E-state index contributed by atoms with van der Waals surface area (Å²) in [6, 6.07) is 7.24. The third-order valence-corrected chi connectivity index (χ3v) is 5.28. The summed E-state index contributed by atoms with van der Waals surface area (Å²) >= 11 is 1.67. The minimum Gasteiger partial charge on any atom is -0.369 e. The Morgan fingerprint density at radius 3 is 3.09 bits per heavy atom. The van der Waals surface area contributed by atoms with Gasteiger partial charge in [0.05, 0.1) is 10.2 Å². The molecule has 1 aliphatic rings. The first kappa shape index (κ1) is 15.3. The fourth-order valence-corrected chi connectivity index (χ4v) is 3.69. The molecule has 1 fully saturated rings. The molecule has 0 radical (unpaired) electrons. The molecule has 1 aromatic carbocycles. The van der Waals surface area contributed by atoms with Gasteiger partial charge in [-0.05, 0) is 57.7 Å². The summed E-state index contributed by atoms with van der Waals surface area (Å²) in [4.78, 5) is 7.13. The standard InChI is InChI=1S/C17H24N4S/c1-4-12(2)19-20-17-18-15-9-8-14(11-16(15)22-17)21-10-6-5-7-13(21)3/h8-9,11,13H,4-7,10H2,1-3H3,(H,18,20)/b19-12-/t13-/m0/s1. The summed E-state index contributed by atoms with van der Waals surface area (Å²) in [5.41, 5.74) is 6.53. The highest BCUT2D eigenvalue weighted by Crippen LogP contribution is 2.32. The van der Waals surface area contributed by atoms with Gasteiger partial charge in [0.1, 0.15) is 0 Å². The van der Waals surface area contributed by atoms with Crippen LogP contribution in [0, 0.1) is 0 Å². The SMILES string of the molecule is CC/C(C)=N\Nc1nc2ccc(N3CCCC[C@@H]3C)cc2s1. The number of aromatic nitrogens is 1. The molecule has 0 amide bonds. The second kappa shape index (κ2) is 6.65. The van der Waals surface area contributed by atoms with E-state index < -0.39 is 0 Å². The van der Waals surface area contributed by atoms with Crippen LogP contribution < -0.4 is 10.3 Å². The van der Waals surface area contributed by atoms with Crippen molar-refractivity contribution in [2.24, 2.45) is 5.10 Å². The molecule has 1 saturated heterocycles. The van der Waals surface area contributed by atoms with Crippen LogP contribution in [-0.4, -0.2) is 23.3 Å². The number of hydrazone groups is 1. The molecule has 0 unspecified atom stereocenters.